The molecule has 3 aromatic rings. The van der Waals surface area contributed by atoms with Crippen LogP contribution in [0, 0.1) is 0 Å². The zero-order chi connectivity index (χ0) is 20.6. The topological polar surface area (TPSA) is 116 Å². The van der Waals surface area contributed by atoms with Crippen LogP contribution in [0.5, 0.6) is 5.75 Å². The molecule has 2 aromatic heterocycles. The standard InChI is InChI=1S/C18H18N4O5S2/c1-3-26-15(24)8-11-9-28-17(19-11)20-14(23)10-29-18-22-21-16(27-18)12-6-4-5-7-13(12)25-2/h4-7,9H,3,8,10H2,1-2H3,(H,19,20,23). The molecular formula is C18H18N4O5S2. The smallest absolute Gasteiger partial charge is 0.311 e. The van der Waals surface area contributed by atoms with Gasteiger partial charge in [-0.3, -0.25) is 9.59 Å². The van der Waals surface area contributed by atoms with Crippen molar-refractivity contribution in [3.05, 3.63) is 35.3 Å². The Hall–Kier alpha value is -2.92. The molecule has 1 aromatic carbocycles. The first kappa shape index (κ1) is 20.8. The van der Waals surface area contributed by atoms with Crippen LogP contribution >= 0.6 is 23.1 Å². The molecule has 2 heterocycles. The summed E-state index contributed by atoms with van der Waals surface area (Å²) in [7, 11) is 1.56. The molecule has 0 atom stereocenters. The third-order valence-corrected chi connectivity index (χ3v) is 5.12. The number of amides is 1. The number of carbonyl (C=O) groups excluding carboxylic acids is 2. The van der Waals surface area contributed by atoms with Gasteiger partial charge in [-0.05, 0) is 19.1 Å². The lowest BCUT2D eigenvalue weighted by Crippen LogP contribution is -2.14. The van der Waals surface area contributed by atoms with Crippen LogP contribution in [0.2, 0.25) is 0 Å². The summed E-state index contributed by atoms with van der Waals surface area (Å²) >= 11 is 2.35. The number of thiazole rings is 1. The van der Waals surface area contributed by atoms with Crippen molar-refractivity contribution < 1.29 is 23.5 Å². The van der Waals surface area contributed by atoms with E-state index in [1.807, 2.05) is 18.2 Å². The van der Waals surface area contributed by atoms with E-state index >= 15 is 0 Å². The fourth-order valence-corrected chi connectivity index (χ4v) is 3.58. The second-order valence-electron chi connectivity index (χ2n) is 5.54. The summed E-state index contributed by atoms with van der Waals surface area (Å²) in [5.74, 6) is 0.375. The van der Waals surface area contributed by atoms with Gasteiger partial charge in [-0.15, -0.1) is 21.5 Å². The highest BCUT2D eigenvalue weighted by molar-refractivity contribution is 7.99. The number of ether oxygens (including phenoxy) is 2. The molecule has 0 radical (unpaired) electrons. The highest BCUT2D eigenvalue weighted by Gasteiger charge is 2.15. The fraction of sp³-hybridized carbons (Fsp3) is 0.278. The SMILES string of the molecule is CCOC(=O)Cc1csc(NC(=O)CSc2nnc(-c3ccccc3OC)o2)n1. The number of aromatic nitrogens is 3. The maximum atomic E-state index is 12.1. The van der Waals surface area contributed by atoms with E-state index in [2.05, 4.69) is 20.5 Å². The summed E-state index contributed by atoms with van der Waals surface area (Å²) in [6.07, 6.45) is 0.0721. The molecule has 0 aliphatic heterocycles. The molecule has 0 bridgehead atoms. The minimum Gasteiger partial charge on any atom is -0.496 e. The summed E-state index contributed by atoms with van der Waals surface area (Å²) < 4.78 is 15.8. The highest BCUT2D eigenvalue weighted by atomic mass is 32.2. The third-order valence-electron chi connectivity index (χ3n) is 3.50. The van der Waals surface area contributed by atoms with E-state index in [-0.39, 0.29) is 29.3 Å². The van der Waals surface area contributed by atoms with E-state index in [0.717, 1.165) is 11.8 Å². The molecule has 152 valence electrons. The lowest BCUT2D eigenvalue weighted by molar-refractivity contribution is -0.142. The van der Waals surface area contributed by atoms with Crippen LogP contribution in [0.15, 0.2) is 39.3 Å². The molecular weight excluding hydrogens is 416 g/mol. The number of methoxy groups -OCH3 is 1. The van der Waals surface area contributed by atoms with Crippen molar-refractivity contribution in [3.8, 4) is 17.2 Å². The molecule has 3 rings (SSSR count). The first-order valence-electron chi connectivity index (χ1n) is 8.58. The number of esters is 1. The predicted molar refractivity (Wildman–Crippen MR) is 108 cm³/mol. The van der Waals surface area contributed by atoms with E-state index in [4.69, 9.17) is 13.9 Å². The Morgan fingerprint density at radius 1 is 1.28 bits per heavy atom. The molecule has 0 spiro atoms. The lowest BCUT2D eigenvalue weighted by atomic mass is 10.2. The Labute approximate surface area is 174 Å². The van der Waals surface area contributed by atoms with Gasteiger partial charge < -0.3 is 19.2 Å². The number of nitrogens with zero attached hydrogens (tertiary/aromatic N) is 3. The number of benzene rings is 1. The number of carbonyl (C=O) groups is 2. The predicted octanol–water partition coefficient (Wildman–Crippen LogP) is 3.04. The molecule has 0 aliphatic rings. The number of anilines is 1. The largest absolute Gasteiger partial charge is 0.496 e. The van der Waals surface area contributed by atoms with E-state index in [1.165, 1.54) is 11.3 Å². The lowest BCUT2D eigenvalue weighted by Gasteiger charge is -2.03. The monoisotopic (exact) mass is 434 g/mol. The molecule has 0 saturated heterocycles. The molecule has 1 N–H and O–H groups in total. The van der Waals surface area contributed by atoms with Gasteiger partial charge >= 0.3 is 5.97 Å². The Morgan fingerprint density at radius 2 is 2.10 bits per heavy atom. The van der Waals surface area contributed by atoms with Crippen molar-refractivity contribution in [1.29, 1.82) is 0 Å². The normalized spacial score (nSPS) is 10.6. The van der Waals surface area contributed by atoms with Gasteiger partial charge in [-0.2, -0.15) is 0 Å². The summed E-state index contributed by atoms with van der Waals surface area (Å²) in [6.45, 7) is 2.06. The number of para-hydroxylation sites is 1. The third kappa shape index (κ3) is 5.78. The van der Waals surface area contributed by atoms with Crippen LogP contribution in [0.25, 0.3) is 11.5 Å². The maximum absolute atomic E-state index is 12.1. The summed E-state index contributed by atoms with van der Waals surface area (Å²) in [6, 6.07) is 7.29. The Balaban J connectivity index is 1.52. The van der Waals surface area contributed by atoms with Crippen molar-refractivity contribution in [2.24, 2.45) is 0 Å². The molecule has 0 aliphatic carbocycles. The number of nitrogens with one attached hydrogen (secondary N) is 1. The van der Waals surface area contributed by atoms with Gasteiger partial charge in [0.2, 0.25) is 5.91 Å². The van der Waals surface area contributed by atoms with Crippen molar-refractivity contribution in [2.45, 2.75) is 18.6 Å². The van der Waals surface area contributed by atoms with Crippen LogP contribution in [0.4, 0.5) is 5.13 Å². The first-order valence-corrected chi connectivity index (χ1v) is 10.4. The Kier molecular flexibility index (Phi) is 7.19. The molecule has 1 amide bonds. The number of thioether (sulfide) groups is 1. The average Bonchev–Trinajstić information content (AvgIpc) is 3.36. The summed E-state index contributed by atoms with van der Waals surface area (Å²) in [5, 5.41) is 13.0. The van der Waals surface area contributed by atoms with Gasteiger partial charge in [0.1, 0.15) is 5.75 Å². The minimum atomic E-state index is -0.353. The molecule has 9 nitrogen and oxygen atoms in total. The van der Waals surface area contributed by atoms with Crippen LogP contribution in [-0.4, -0.2) is 46.5 Å². The van der Waals surface area contributed by atoms with Gasteiger partial charge in [0.15, 0.2) is 5.13 Å². The Bertz CT molecular complexity index is 988. The summed E-state index contributed by atoms with van der Waals surface area (Å²) in [5.41, 5.74) is 1.23. The maximum Gasteiger partial charge on any atom is 0.311 e. The minimum absolute atomic E-state index is 0.0698. The van der Waals surface area contributed by atoms with Gasteiger partial charge in [-0.1, -0.05) is 23.9 Å². The molecule has 0 unspecified atom stereocenters. The van der Waals surface area contributed by atoms with E-state index in [9.17, 15) is 9.59 Å². The van der Waals surface area contributed by atoms with Crippen molar-refractivity contribution in [1.82, 2.24) is 15.2 Å². The van der Waals surface area contributed by atoms with E-state index in [1.54, 1.807) is 25.5 Å². The first-order chi connectivity index (χ1) is 14.1. The second-order valence-corrected chi connectivity index (χ2v) is 7.32. The fourth-order valence-electron chi connectivity index (χ4n) is 2.29. The van der Waals surface area contributed by atoms with E-state index in [0.29, 0.717) is 34.6 Å². The number of rotatable bonds is 9. The van der Waals surface area contributed by atoms with Crippen LogP contribution < -0.4 is 10.1 Å². The Morgan fingerprint density at radius 3 is 2.90 bits per heavy atom. The molecule has 0 saturated carbocycles. The van der Waals surface area contributed by atoms with Crippen molar-refractivity contribution in [2.75, 3.05) is 24.8 Å². The van der Waals surface area contributed by atoms with Gasteiger partial charge in [-0.25, -0.2) is 4.98 Å². The average molecular weight is 434 g/mol. The quantitative estimate of drug-likeness (QED) is 0.400. The van der Waals surface area contributed by atoms with Gasteiger partial charge in [0.05, 0.1) is 37.1 Å². The molecule has 29 heavy (non-hydrogen) atoms. The summed E-state index contributed by atoms with van der Waals surface area (Å²) in [4.78, 5) is 27.8. The molecule has 0 fully saturated rings. The van der Waals surface area contributed by atoms with Crippen molar-refractivity contribution in [3.63, 3.8) is 0 Å². The van der Waals surface area contributed by atoms with Crippen LogP contribution in [0.1, 0.15) is 12.6 Å². The molecule has 11 heteroatoms. The number of hydrogen-bond acceptors (Lipinski definition) is 10. The van der Waals surface area contributed by atoms with Crippen molar-refractivity contribution >= 4 is 40.1 Å². The van der Waals surface area contributed by atoms with Gasteiger partial charge in [0.25, 0.3) is 11.1 Å². The highest BCUT2D eigenvalue weighted by Crippen LogP contribution is 2.30. The zero-order valence-corrected chi connectivity index (χ0v) is 17.3. The number of hydrogen-bond donors (Lipinski definition) is 1. The van der Waals surface area contributed by atoms with Crippen LogP contribution in [0.3, 0.4) is 0 Å². The van der Waals surface area contributed by atoms with E-state index < -0.39 is 0 Å². The second kappa shape index (κ2) is 10.0. The zero-order valence-electron chi connectivity index (χ0n) is 15.7. The van der Waals surface area contributed by atoms with Gasteiger partial charge in [0, 0.05) is 5.38 Å². The van der Waals surface area contributed by atoms with Crippen LogP contribution in [-0.2, 0) is 20.7 Å².